The van der Waals surface area contributed by atoms with Crippen LogP contribution in [0.25, 0.3) is 0 Å². The molecule has 2 atom stereocenters. The highest BCUT2D eigenvalue weighted by atomic mass is 32.2. The lowest BCUT2D eigenvalue weighted by Gasteiger charge is -2.34. The minimum Gasteiger partial charge on any atom is -0.345 e. The minimum absolute atomic E-state index is 0.0767. The first-order valence-electron chi connectivity index (χ1n) is 9.02. The molecule has 0 fully saturated rings. The third kappa shape index (κ3) is 5.24. The standard InChI is InChI=1S/C21H22N4O3S/c1-13(26)17(9-14-7-5-4-6-8-14)24-18(27)12-29-20-16(11-23)21(2,3)15(10-22)19(28)25-20/h4-8,15,17H,9,12H2,1-3H3,(H,24,27)(H,25,28)/t15-,17+/m1/s1. The Morgan fingerprint density at radius 2 is 1.93 bits per heavy atom. The molecule has 1 aliphatic rings. The van der Waals surface area contributed by atoms with Crippen LogP contribution in [0, 0.1) is 34.0 Å². The summed E-state index contributed by atoms with van der Waals surface area (Å²) in [5.74, 6) is -2.10. The summed E-state index contributed by atoms with van der Waals surface area (Å²) < 4.78 is 0. The van der Waals surface area contributed by atoms with Crippen LogP contribution in [0.3, 0.4) is 0 Å². The lowest BCUT2D eigenvalue weighted by Crippen LogP contribution is -2.45. The molecular formula is C21H22N4O3S. The van der Waals surface area contributed by atoms with E-state index in [2.05, 4.69) is 16.7 Å². The van der Waals surface area contributed by atoms with E-state index in [0.717, 1.165) is 17.3 Å². The van der Waals surface area contributed by atoms with E-state index in [0.29, 0.717) is 6.42 Å². The van der Waals surface area contributed by atoms with Gasteiger partial charge in [-0.15, -0.1) is 0 Å². The number of nitrogens with one attached hydrogen (secondary N) is 2. The normalized spacial score (nSPS) is 18.8. The molecule has 0 saturated heterocycles. The molecule has 150 valence electrons. The van der Waals surface area contributed by atoms with Crippen molar-refractivity contribution < 1.29 is 14.4 Å². The molecule has 1 aromatic carbocycles. The molecule has 7 nitrogen and oxygen atoms in total. The predicted molar refractivity (Wildman–Crippen MR) is 109 cm³/mol. The number of nitriles is 2. The Balaban J connectivity index is 2.08. The largest absolute Gasteiger partial charge is 0.345 e. The van der Waals surface area contributed by atoms with E-state index >= 15 is 0 Å². The topological polar surface area (TPSA) is 123 Å². The van der Waals surface area contributed by atoms with Crippen molar-refractivity contribution in [1.82, 2.24) is 10.6 Å². The fourth-order valence-corrected chi connectivity index (χ4v) is 4.04. The van der Waals surface area contributed by atoms with Gasteiger partial charge in [0.05, 0.1) is 34.5 Å². The summed E-state index contributed by atoms with van der Waals surface area (Å²) in [6.07, 6.45) is 0.381. The summed E-state index contributed by atoms with van der Waals surface area (Å²) >= 11 is 1.01. The van der Waals surface area contributed by atoms with Crippen LogP contribution in [0.2, 0.25) is 0 Å². The Bertz CT molecular complexity index is 925. The predicted octanol–water partition coefficient (Wildman–Crippen LogP) is 2.07. The number of amides is 2. The number of carbonyl (C=O) groups excluding carboxylic acids is 3. The summed E-state index contributed by atoms with van der Waals surface area (Å²) in [6.45, 7) is 4.73. The molecule has 1 heterocycles. The van der Waals surface area contributed by atoms with Crippen molar-refractivity contribution in [2.75, 3.05) is 5.75 Å². The van der Waals surface area contributed by atoms with Gasteiger partial charge >= 0.3 is 0 Å². The maximum atomic E-state index is 12.4. The third-order valence-electron chi connectivity index (χ3n) is 4.79. The number of carbonyl (C=O) groups is 3. The van der Waals surface area contributed by atoms with E-state index in [-0.39, 0.29) is 28.0 Å². The highest BCUT2D eigenvalue weighted by Crippen LogP contribution is 2.41. The number of benzene rings is 1. The molecule has 2 rings (SSSR count). The smallest absolute Gasteiger partial charge is 0.243 e. The van der Waals surface area contributed by atoms with E-state index in [9.17, 15) is 24.9 Å². The van der Waals surface area contributed by atoms with Gasteiger partial charge in [-0.2, -0.15) is 10.5 Å². The first-order valence-corrected chi connectivity index (χ1v) is 10.0. The molecule has 1 aromatic rings. The van der Waals surface area contributed by atoms with Gasteiger partial charge < -0.3 is 10.6 Å². The molecule has 8 heteroatoms. The van der Waals surface area contributed by atoms with Crippen LogP contribution in [0.1, 0.15) is 26.3 Å². The average Bonchev–Trinajstić information content (AvgIpc) is 2.66. The summed E-state index contributed by atoms with van der Waals surface area (Å²) in [5.41, 5.74) is 0.229. The maximum absolute atomic E-state index is 12.4. The van der Waals surface area contributed by atoms with Crippen molar-refractivity contribution in [3.8, 4) is 12.1 Å². The minimum atomic E-state index is -0.983. The summed E-state index contributed by atoms with van der Waals surface area (Å²) in [7, 11) is 0. The molecule has 0 aromatic heterocycles. The van der Waals surface area contributed by atoms with Crippen LogP contribution in [0.15, 0.2) is 40.9 Å². The SMILES string of the molecule is CC(=O)[C@H](Cc1ccccc1)NC(=O)CSC1=C(C#N)C(C)(C)[C@H](C#N)C(=O)N1. The van der Waals surface area contributed by atoms with Crippen LogP contribution in [-0.4, -0.2) is 29.4 Å². The molecule has 29 heavy (non-hydrogen) atoms. The van der Waals surface area contributed by atoms with Gasteiger partial charge in [0.2, 0.25) is 11.8 Å². The molecule has 0 radical (unpaired) electrons. The molecule has 2 amide bonds. The van der Waals surface area contributed by atoms with Gasteiger partial charge in [0.15, 0.2) is 5.78 Å². The molecule has 1 aliphatic heterocycles. The van der Waals surface area contributed by atoms with Crippen molar-refractivity contribution in [3.05, 3.63) is 46.5 Å². The quantitative estimate of drug-likeness (QED) is 0.709. The van der Waals surface area contributed by atoms with Crippen LogP contribution in [-0.2, 0) is 20.8 Å². The van der Waals surface area contributed by atoms with Gasteiger partial charge in [0, 0.05) is 5.41 Å². The number of hydrogen-bond acceptors (Lipinski definition) is 6. The average molecular weight is 410 g/mol. The lowest BCUT2D eigenvalue weighted by molar-refractivity contribution is -0.125. The molecule has 0 spiro atoms. The molecule has 0 bridgehead atoms. The highest BCUT2D eigenvalue weighted by Gasteiger charge is 2.44. The Hall–Kier alpha value is -3.10. The molecular weight excluding hydrogens is 388 g/mol. The van der Waals surface area contributed by atoms with Crippen LogP contribution >= 0.6 is 11.8 Å². The zero-order valence-electron chi connectivity index (χ0n) is 16.5. The zero-order valence-corrected chi connectivity index (χ0v) is 17.3. The van der Waals surface area contributed by atoms with Crippen molar-refractivity contribution in [2.24, 2.45) is 11.3 Å². The van der Waals surface area contributed by atoms with Gasteiger partial charge in [0.1, 0.15) is 5.92 Å². The molecule has 2 N–H and O–H groups in total. The number of ketones is 1. The summed E-state index contributed by atoms with van der Waals surface area (Å²) in [6, 6.07) is 12.7. The first-order chi connectivity index (χ1) is 13.7. The van der Waals surface area contributed by atoms with Gasteiger partial charge in [0.25, 0.3) is 0 Å². The van der Waals surface area contributed by atoms with Crippen molar-refractivity contribution in [1.29, 1.82) is 10.5 Å². The van der Waals surface area contributed by atoms with E-state index in [4.69, 9.17) is 0 Å². The lowest BCUT2D eigenvalue weighted by atomic mass is 9.72. The Morgan fingerprint density at radius 3 is 2.48 bits per heavy atom. The number of Topliss-reactive ketones (excluding diaryl/α,β-unsaturated/α-hetero) is 1. The number of rotatable bonds is 7. The monoisotopic (exact) mass is 410 g/mol. The van der Waals surface area contributed by atoms with Crippen molar-refractivity contribution in [2.45, 2.75) is 33.2 Å². The number of nitrogens with zero attached hydrogens (tertiary/aromatic N) is 2. The Morgan fingerprint density at radius 1 is 1.28 bits per heavy atom. The highest BCUT2D eigenvalue weighted by molar-refractivity contribution is 8.03. The van der Waals surface area contributed by atoms with E-state index in [1.54, 1.807) is 13.8 Å². The van der Waals surface area contributed by atoms with Gasteiger partial charge in [-0.3, -0.25) is 14.4 Å². The van der Waals surface area contributed by atoms with E-state index in [1.807, 2.05) is 36.4 Å². The van der Waals surface area contributed by atoms with Crippen LogP contribution in [0.4, 0.5) is 0 Å². The van der Waals surface area contributed by atoms with E-state index < -0.39 is 23.3 Å². The van der Waals surface area contributed by atoms with Gasteiger partial charge in [-0.05, 0) is 18.9 Å². The number of hydrogen-bond donors (Lipinski definition) is 2. The summed E-state index contributed by atoms with van der Waals surface area (Å²) in [5, 5.41) is 24.3. The van der Waals surface area contributed by atoms with Crippen molar-refractivity contribution in [3.63, 3.8) is 0 Å². The zero-order chi connectivity index (χ0) is 21.6. The third-order valence-corrected chi connectivity index (χ3v) is 5.79. The molecule has 0 saturated carbocycles. The second-order valence-electron chi connectivity index (χ2n) is 7.30. The second kappa shape index (κ2) is 9.40. The maximum Gasteiger partial charge on any atom is 0.243 e. The Kier molecular flexibility index (Phi) is 7.19. The number of thioether (sulfide) groups is 1. The van der Waals surface area contributed by atoms with Gasteiger partial charge in [-0.1, -0.05) is 55.9 Å². The fourth-order valence-electron chi connectivity index (χ4n) is 3.05. The van der Waals surface area contributed by atoms with E-state index in [1.165, 1.54) is 6.92 Å². The van der Waals surface area contributed by atoms with Crippen molar-refractivity contribution >= 4 is 29.4 Å². The van der Waals surface area contributed by atoms with Gasteiger partial charge in [-0.25, -0.2) is 0 Å². The fraction of sp³-hybridized carbons (Fsp3) is 0.381. The molecule has 0 unspecified atom stereocenters. The van der Waals surface area contributed by atoms with Crippen LogP contribution < -0.4 is 10.6 Å². The van der Waals surface area contributed by atoms with Crippen LogP contribution in [0.5, 0.6) is 0 Å². The first kappa shape index (κ1) is 22.2. The summed E-state index contributed by atoms with van der Waals surface area (Å²) in [4.78, 5) is 36.5. The Labute approximate surface area is 174 Å². The molecule has 0 aliphatic carbocycles. The number of allylic oxidation sites excluding steroid dienone is 1. The second-order valence-corrected chi connectivity index (χ2v) is 8.28.